The van der Waals surface area contributed by atoms with E-state index >= 15 is 0 Å². The molecule has 0 fully saturated rings. The number of nitrogens with zero attached hydrogens (tertiary/aromatic N) is 3. The zero-order valence-corrected chi connectivity index (χ0v) is 19.1. The van der Waals surface area contributed by atoms with Gasteiger partial charge in [-0.1, -0.05) is 29.5 Å². The van der Waals surface area contributed by atoms with Gasteiger partial charge >= 0.3 is 0 Å². The van der Waals surface area contributed by atoms with Gasteiger partial charge in [-0.3, -0.25) is 9.69 Å². The van der Waals surface area contributed by atoms with Gasteiger partial charge in [-0.05, 0) is 92.8 Å². The zero-order valence-electron chi connectivity index (χ0n) is 16.1. The Balaban J connectivity index is 2.00. The van der Waals surface area contributed by atoms with Crippen LogP contribution in [0.4, 0.5) is 5.13 Å². The second-order valence-electron chi connectivity index (χ2n) is 6.94. The lowest BCUT2D eigenvalue weighted by atomic mass is 10.1. The number of anilines is 1. The monoisotopic (exact) mass is 493 g/mol. The normalized spacial score (nSPS) is 11.3. The molecule has 6 heteroatoms. The zero-order chi connectivity index (χ0) is 19.6. The molecule has 27 heavy (non-hydrogen) atoms. The summed E-state index contributed by atoms with van der Waals surface area (Å²) in [6.45, 7) is 5.78. The molecule has 0 saturated carbocycles. The third-order valence-electron chi connectivity index (χ3n) is 4.64. The second kappa shape index (κ2) is 8.67. The van der Waals surface area contributed by atoms with Crippen LogP contribution in [-0.2, 0) is 0 Å². The topological polar surface area (TPSA) is 36.4 Å². The van der Waals surface area contributed by atoms with Gasteiger partial charge in [0.1, 0.15) is 0 Å². The molecule has 0 spiro atoms. The number of hydrogen-bond donors (Lipinski definition) is 0. The van der Waals surface area contributed by atoms with Crippen LogP contribution in [0.25, 0.3) is 10.2 Å². The number of fused-ring (bicyclic) bond motifs is 1. The minimum atomic E-state index is 0.0205. The Hall–Kier alpha value is -1.51. The first-order chi connectivity index (χ1) is 12.9. The minimum absolute atomic E-state index is 0.0205. The molecule has 0 bridgehead atoms. The van der Waals surface area contributed by atoms with Crippen LogP contribution in [0.15, 0.2) is 36.4 Å². The predicted octanol–water partition coefficient (Wildman–Crippen LogP) is 5.12. The fourth-order valence-corrected chi connectivity index (χ4v) is 4.61. The molecule has 0 atom stereocenters. The maximum atomic E-state index is 13.3. The van der Waals surface area contributed by atoms with E-state index in [4.69, 9.17) is 4.98 Å². The fourth-order valence-electron chi connectivity index (χ4n) is 2.94. The number of amides is 1. The van der Waals surface area contributed by atoms with Crippen molar-refractivity contribution < 1.29 is 4.79 Å². The third-order valence-corrected chi connectivity index (χ3v) is 6.63. The van der Waals surface area contributed by atoms with Gasteiger partial charge in [0, 0.05) is 10.1 Å². The number of halogens is 1. The Morgan fingerprint density at radius 2 is 1.85 bits per heavy atom. The highest BCUT2D eigenvalue weighted by Gasteiger charge is 2.23. The molecule has 1 heterocycles. The van der Waals surface area contributed by atoms with E-state index in [0.717, 1.165) is 37.4 Å². The van der Waals surface area contributed by atoms with E-state index in [2.05, 4.69) is 67.6 Å². The maximum absolute atomic E-state index is 13.3. The van der Waals surface area contributed by atoms with Crippen LogP contribution >= 0.6 is 33.9 Å². The number of rotatable bonds is 6. The summed E-state index contributed by atoms with van der Waals surface area (Å²) in [5.41, 5.74) is 4.14. The highest BCUT2D eigenvalue weighted by atomic mass is 127. The lowest BCUT2D eigenvalue weighted by Crippen LogP contribution is -2.33. The van der Waals surface area contributed by atoms with Crippen LogP contribution in [0.5, 0.6) is 0 Å². The summed E-state index contributed by atoms with van der Waals surface area (Å²) in [6, 6.07) is 12.0. The number of hydrogen-bond acceptors (Lipinski definition) is 4. The summed E-state index contributed by atoms with van der Waals surface area (Å²) in [6.07, 6.45) is 0.899. The molecule has 1 aromatic heterocycles. The van der Waals surface area contributed by atoms with E-state index in [0.29, 0.717) is 6.54 Å². The van der Waals surface area contributed by atoms with Crippen molar-refractivity contribution in [2.24, 2.45) is 0 Å². The third kappa shape index (κ3) is 4.50. The highest BCUT2D eigenvalue weighted by Crippen LogP contribution is 2.33. The molecule has 0 aliphatic heterocycles. The van der Waals surface area contributed by atoms with E-state index in [9.17, 15) is 4.79 Å². The first kappa shape index (κ1) is 20.2. The number of carbonyl (C=O) groups excluding carboxylic acids is 1. The summed E-state index contributed by atoms with van der Waals surface area (Å²) < 4.78 is 2.09. The smallest absolute Gasteiger partial charge is 0.261 e. The van der Waals surface area contributed by atoms with Crippen molar-refractivity contribution in [3.8, 4) is 0 Å². The SMILES string of the molecule is Cc1ccc2sc(N(CCCN(C)C)C(=O)c3ccccc3I)nc2c1C. The molecule has 2 aromatic carbocycles. The largest absolute Gasteiger partial charge is 0.309 e. The van der Waals surface area contributed by atoms with Gasteiger partial charge in [-0.2, -0.15) is 0 Å². The van der Waals surface area contributed by atoms with Crippen molar-refractivity contribution in [3.05, 3.63) is 56.7 Å². The summed E-state index contributed by atoms with van der Waals surface area (Å²) in [7, 11) is 4.10. The average Bonchev–Trinajstić information content (AvgIpc) is 3.06. The van der Waals surface area contributed by atoms with Crippen LogP contribution in [0.1, 0.15) is 27.9 Å². The van der Waals surface area contributed by atoms with Crippen LogP contribution in [-0.4, -0.2) is 43.0 Å². The van der Waals surface area contributed by atoms with Crippen LogP contribution in [0, 0.1) is 17.4 Å². The molecule has 4 nitrogen and oxygen atoms in total. The van der Waals surface area contributed by atoms with Gasteiger partial charge < -0.3 is 4.90 Å². The molecule has 0 unspecified atom stereocenters. The first-order valence-corrected chi connectivity index (χ1v) is 10.9. The Labute approximate surface area is 178 Å². The van der Waals surface area contributed by atoms with E-state index in [1.807, 2.05) is 29.2 Å². The summed E-state index contributed by atoms with van der Waals surface area (Å²) in [4.78, 5) is 22.2. The van der Waals surface area contributed by atoms with E-state index < -0.39 is 0 Å². The van der Waals surface area contributed by atoms with E-state index in [-0.39, 0.29) is 5.91 Å². The molecule has 0 N–H and O–H groups in total. The van der Waals surface area contributed by atoms with Crippen molar-refractivity contribution >= 4 is 55.2 Å². The fraction of sp³-hybridized carbons (Fsp3) is 0.333. The molecular weight excluding hydrogens is 469 g/mol. The van der Waals surface area contributed by atoms with Gasteiger partial charge in [0.25, 0.3) is 5.91 Å². The molecule has 0 radical (unpaired) electrons. The van der Waals surface area contributed by atoms with Crippen LogP contribution in [0.3, 0.4) is 0 Å². The van der Waals surface area contributed by atoms with Crippen LogP contribution in [0.2, 0.25) is 0 Å². The van der Waals surface area contributed by atoms with Gasteiger partial charge in [-0.25, -0.2) is 4.98 Å². The Kier molecular flexibility index (Phi) is 6.49. The molecule has 3 rings (SSSR count). The first-order valence-electron chi connectivity index (χ1n) is 8.96. The van der Waals surface area contributed by atoms with Crippen molar-refractivity contribution in [2.75, 3.05) is 32.1 Å². The quantitative estimate of drug-likeness (QED) is 0.448. The Morgan fingerprint density at radius 3 is 2.56 bits per heavy atom. The van der Waals surface area contributed by atoms with Gasteiger partial charge in [0.15, 0.2) is 5.13 Å². The van der Waals surface area contributed by atoms with Crippen molar-refractivity contribution in [3.63, 3.8) is 0 Å². The molecular formula is C21H24IN3OS. The molecule has 0 aliphatic rings. The molecule has 1 amide bonds. The summed E-state index contributed by atoms with van der Waals surface area (Å²) in [5.74, 6) is 0.0205. The average molecular weight is 493 g/mol. The number of benzene rings is 2. The number of aromatic nitrogens is 1. The molecule has 142 valence electrons. The maximum Gasteiger partial charge on any atom is 0.261 e. The van der Waals surface area contributed by atoms with Crippen molar-refractivity contribution in [2.45, 2.75) is 20.3 Å². The lowest BCUT2D eigenvalue weighted by molar-refractivity contribution is 0.0985. The van der Waals surface area contributed by atoms with Crippen molar-refractivity contribution in [1.82, 2.24) is 9.88 Å². The molecule has 0 aliphatic carbocycles. The predicted molar refractivity (Wildman–Crippen MR) is 123 cm³/mol. The van der Waals surface area contributed by atoms with Crippen LogP contribution < -0.4 is 4.90 Å². The Morgan fingerprint density at radius 1 is 1.11 bits per heavy atom. The highest BCUT2D eigenvalue weighted by molar-refractivity contribution is 14.1. The molecule has 3 aromatic rings. The minimum Gasteiger partial charge on any atom is -0.309 e. The number of thiazole rings is 1. The summed E-state index contributed by atoms with van der Waals surface area (Å²) in [5, 5.41) is 0.780. The van der Waals surface area contributed by atoms with E-state index in [1.165, 1.54) is 11.1 Å². The Bertz CT molecular complexity index is 967. The van der Waals surface area contributed by atoms with Gasteiger partial charge in [0.2, 0.25) is 0 Å². The van der Waals surface area contributed by atoms with Gasteiger partial charge in [0.05, 0.1) is 15.8 Å². The summed E-state index contributed by atoms with van der Waals surface area (Å²) >= 11 is 3.82. The van der Waals surface area contributed by atoms with E-state index in [1.54, 1.807) is 11.3 Å². The van der Waals surface area contributed by atoms with Gasteiger partial charge in [-0.15, -0.1) is 0 Å². The lowest BCUT2D eigenvalue weighted by Gasteiger charge is -2.21. The molecule has 0 saturated heterocycles. The number of aryl methyl sites for hydroxylation is 2. The number of carbonyl (C=O) groups is 1. The van der Waals surface area contributed by atoms with Crippen molar-refractivity contribution in [1.29, 1.82) is 0 Å². The standard InChI is InChI=1S/C21H24IN3OS/c1-14-10-11-18-19(15(14)2)23-21(27-18)25(13-7-12-24(3)4)20(26)16-8-5-6-9-17(16)22/h5-6,8-11H,7,12-13H2,1-4H3. The second-order valence-corrected chi connectivity index (χ2v) is 9.12.